The molecule has 0 atom stereocenters. The third-order valence-electron chi connectivity index (χ3n) is 8.01. The van der Waals surface area contributed by atoms with Gasteiger partial charge in [-0.3, -0.25) is 0 Å². The molecule has 0 spiro atoms. The minimum Gasteiger partial charge on any atom is -0.346 e. The van der Waals surface area contributed by atoms with Gasteiger partial charge in [-0.1, -0.05) is 71.9 Å². The first-order valence-electron chi connectivity index (χ1n) is 16.0. The van der Waals surface area contributed by atoms with E-state index in [0.29, 0.717) is 28.8 Å². The van der Waals surface area contributed by atoms with Gasteiger partial charge in [0, 0.05) is 85.1 Å². The first kappa shape index (κ1) is 41.9. The molecule has 0 aliphatic rings. The average Bonchev–Trinajstić information content (AvgIpc) is 3.95. The zero-order valence-corrected chi connectivity index (χ0v) is 31.7. The number of aromatic nitrogens is 10. The van der Waals surface area contributed by atoms with Gasteiger partial charge in [-0.25, -0.2) is 19.9 Å². The fraction of sp³-hybridized carbons (Fsp3) is 0.189. The Morgan fingerprint density at radius 3 is 1.66 bits per heavy atom. The SMILES string of the molecule is C.Clc1ncc2cc[nH]c2n1.Cn1cc(C(F)(F)F)nc1-c1ccc(CBr)cc1.Cn1cc(C(F)(F)F)nc1-c1ccc(Cn2ccc3cnc(Cl)nc32)cc1. The van der Waals surface area contributed by atoms with Gasteiger partial charge in [-0.15, -0.1) is 0 Å². The summed E-state index contributed by atoms with van der Waals surface area (Å²) in [6.07, 6.45) is 0.130. The zero-order chi connectivity index (χ0) is 39.5. The maximum Gasteiger partial charge on any atom is 0.434 e. The van der Waals surface area contributed by atoms with Crippen LogP contribution in [-0.2, 0) is 38.3 Å². The van der Waals surface area contributed by atoms with E-state index in [-0.39, 0.29) is 23.8 Å². The van der Waals surface area contributed by atoms with Crippen molar-refractivity contribution in [1.82, 2.24) is 48.6 Å². The number of H-pyrrole nitrogens is 1. The first-order chi connectivity index (χ1) is 26.1. The van der Waals surface area contributed by atoms with Crippen molar-refractivity contribution in [2.24, 2.45) is 14.1 Å². The summed E-state index contributed by atoms with van der Waals surface area (Å²) in [7, 11) is 3.09. The van der Waals surface area contributed by atoms with Crippen LogP contribution >= 0.6 is 39.1 Å². The van der Waals surface area contributed by atoms with Gasteiger partial charge in [-0.2, -0.15) is 36.3 Å². The quantitative estimate of drug-likeness (QED) is 0.105. The van der Waals surface area contributed by atoms with Crippen molar-refractivity contribution in [1.29, 1.82) is 0 Å². The number of benzene rings is 2. The molecule has 0 radical (unpaired) electrons. The number of rotatable bonds is 5. The van der Waals surface area contributed by atoms with Gasteiger partial charge in [0.05, 0.1) is 0 Å². The second-order valence-electron chi connectivity index (χ2n) is 11.9. The van der Waals surface area contributed by atoms with Gasteiger partial charge in [0.15, 0.2) is 11.4 Å². The van der Waals surface area contributed by atoms with Crippen LogP contribution < -0.4 is 0 Å². The molecule has 0 saturated heterocycles. The molecule has 19 heteroatoms. The van der Waals surface area contributed by atoms with E-state index >= 15 is 0 Å². The van der Waals surface area contributed by atoms with Gasteiger partial charge >= 0.3 is 12.4 Å². The highest BCUT2D eigenvalue weighted by atomic mass is 79.9. The molecule has 0 amide bonds. The number of aromatic amines is 1. The number of alkyl halides is 7. The van der Waals surface area contributed by atoms with E-state index in [0.717, 1.165) is 45.6 Å². The summed E-state index contributed by atoms with van der Waals surface area (Å²) in [5.74, 6) is 0.572. The van der Waals surface area contributed by atoms with E-state index in [9.17, 15) is 26.3 Å². The lowest BCUT2D eigenvalue weighted by molar-refractivity contribution is -0.141. The van der Waals surface area contributed by atoms with Crippen molar-refractivity contribution in [3.8, 4) is 22.8 Å². The number of hydrogen-bond donors (Lipinski definition) is 1. The highest BCUT2D eigenvalue weighted by Crippen LogP contribution is 2.32. The third-order valence-corrected chi connectivity index (χ3v) is 9.02. The largest absolute Gasteiger partial charge is 0.434 e. The number of nitrogens with zero attached hydrogens (tertiary/aromatic N) is 9. The van der Waals surface area contributed by atoms with Crippen LogP contribution in [0.25, 0.3) is 44.8 Å². The van der Waals surface area contributed by atoms with E-state index in [2.05, 4.69) is 50.8 Å². The van der Waals surface area contributed by atoms with Crippen LogP contribution in [-0.4, -0.2) is 48.6 Å². The molecule has 292 valence electrons. The first-order valence-corrected chi connectivity index (χ1v) is 17.9. The van der Waals surface area contributed by atoms with Crippen LogP contribution in [0.3, 0.4) is 0 Å². The molecule has 56 heavy (non-hydrogen) atoms. The Kier molecular flexibility index (Phi) is 12.9. The van der Waals surface area contributed by atoms with Crippen LogP contribution in [0.1, 0.15) is 29.9 Å². The van der Waals surface area contributed by atoms with E-state index in [1.54, 1.807) is 57.0 Å². The molecule has 8 aromatic rings. The molecule has 0 unspecified atom stereocenters. The van der Waals surface area contributed by atoms with E-state index in [1.165, 1.54) is 9.13 Å². The van der Waals surface area contributed by atoms with Crippen LogP contribution in [0.2, 0.25) is 10.6 Å². The van der Waals surface area contributed by atoms with Crippen molar-refractivity contribution < 1.29 is 26.3 Å². The molecule has 1 N–H and O–H groups in total. The van der Waals surface area contributed by atoms with Crippen molar-refractivity contribution in [3.05, 3.63) is 131 Å². The van der Waals surface area contributed by atoms with Crippen LogP contribution in [0, 0.1) is 0 Å². The number of halogens is 9. The number of aryl methyl sites for hydroxylation is 2. The monoisotopic (exact) mass is 878 g/mol. The average molecular weight is 881 g/mol. The van der Waals surface area contributed by atoms with Crippen molar-refractivity contribution in [2.45, 2.75) is 31.7 Å². The van der Waals surface area contributed by atoms with Crippen molar-refractivity contribution in [2.75, 3.05) is 0 Å². The predicted molar refractivity (Wildman–Crippen MR) is 207 cm³/mol. The summed E-state index contributed by atoms with van der Waals surface area (Å²) in [5, 5.41) is 3.01. The summed E-state index contributed by atoms with van der Waals surface area (Å²) >= 11 is 14.7. The molecule has 6 aromatic heterocycles. The summed E-state index contributed by atoms with van der Waals surface area (Å²) in [6, 6.07) is 18.2. The molecular weight excluding hydrogens is 849 g/mol. The van der Waals surface area contributed by atoms with Gasteiger partial charge in [0.1, 0.15) is 22.9 Å². The lowest BCUT2D eigenvalue weighted by Gasteiger charge is -2.07. The molecule has 0 aliphatic carbocycles. The summed E-state index contributed by atoms with van der Waals surface area (Å²) in [4.78, 5) is 26.2. The standard InChI is InChI=1S/C18H13ClF3N5.C12H10BrF3N2.C6H4ClN3.CH4/c1-26-10-14(18(20,21)22)24-15(26)12-4-2-11(3-5-12)9-27-7-6-13-8-23-17(19)25-16(13)27;1-18-7-10(12(14,15)16)17-11(18)9-4-2-8(6-13)3-5-9;7-6-9-3-4-1-2-8-5(4)10-6;/h2-8,10H,9H2,1H3;2-5,7H,6H2,1H3;1-3H,(H,8,9,10);1H4. The highest BCUT2D eigenvalue weighted by molar-refractivity contribution is 9.08. The van der Waals surface area contributed by atoms with Crippen LogP contribution in [0.4, 0.5) is 26.3 Å². The highest BCUT2D eigenvalue weighted by Gasteiger charge is 2.35. The molecule has 10 nitrogen and oxygen atoms in total. The molecule has 0 fully saturated rings. The van der Waals surface area contributed by atoms with Crippen molar-refractivity contribution in [3.63, 3.8) is 0 Å². The summed E-state index contributed by atoms with van der Waals surface area (Å²) in [5.41, 5.74) is 3.03. The lowest BCUT2D eigenvalue weighted by Crippen LogP contribution is -2.04. The topological polar surface area (TPSA) is 108 Å². The lowest BCUT2D eigenvalue weighted by atomic mass is 10.1. The molecule has 0 saturated carbocycles. The van der Waals surface area contributed by atoms with Crippen molar-refractivity contribution >= 4 is 61.2 Å². The fourth-order valence-electron chi connectivity index (χ4n) is 5.34. The number of hydrogen-bond acceptors (Lipinski definition) is 6. The number of fused-ring (bicyclic) bond motifs is 2. The maximum atomic E-state index is 12.8. The Balaban J connectivity index is 0.000000177. The summed E-state index contributed by atoms with van der Waals surface area (Å²) < 4.78 is 80.8. The molecular formula is C37H31BrCl2F6N10. The maximum absolute atomic E-state index is 12.8. The second kappa shape index (κ2) is 17.3. The Bertz CT molecular complexity index is 2540. The van der Waals surface area contributed by atoms with Gasteiger partial charge < -0.3 is 18.7 Å². The van der Waals surface area contributed by atoms with E-state index in [4.69, 9.17) is 23.2 Å². The van der Waals surface area contributed by atoms with Gasteiger partial charge in [0.2, 0.25) is 10.6 Å². The zero-order valence-electron chi connectivity index (χ0n) is 28.6. The normalized spacial score (nSPS) is 11.5. The van der Waals surface area contributed by atoms with Crippen LogP contribution in [0.5, 0.6) is 0 Å². The Labute approximate surface area is 334 Å². The molecule has 2 aromatic carbocycles. The summed E-state index contributed by atoms with van der Waals surface area (Å²) in [6.45, 7) is 0.547. The molecule has 0 bridgehead atoms. The van der Waals surface area contributed by atoms with Gasteiger partial charge in [0.25, 0.3) is 0 Å². The minimum atomic E-state index is -4.46. The predicted octanol–water partition coefficient (Wildman–Crippen LogP) is 10.8. The Morgan fingerprint density at radius 2 is 1.16 bits per heavy atom. The van der Waals surface area contributed by atoms with E-state index < -0.39 is 23.7 Å². The number of imidazole rings is 2. The van der Waals surface area contributed by atoms with Gasteiger partial charge in [-0.05, 0) is 46.5 Å². The Morgan fingerprint density at radius 1 is 0.661 bits per heavy atom. The van der Waals surface area contributed by atoms with Crippen LogP contribution in [0.15, 0.2) is 97.8 Å². The smallest absolute Gasteiger partial charge is 0.346 e. The molecule has 0 aliphatic heterocycles. The molecule has 6 heterocycles. The fourth-order valence-corrected chi connectivity index (χ4v) is 5.97. The Hall–Kier alpha value is -5.26. The number of nitrogens with one attached hydrogen (secondary N) is 1. The minimum absolute atomic E-state index is 0. The molecule has 8 rings (SSSR count). The second-order valence-corrected chi connectivity index (χ2v) is 13.2. The van der Waals surface area contributed by atoms with E-state index in [1.807, 2.05) is 47.2 Å². The third kappa shape index (κ3) is 9.94.